The van der Waals surface area contributed by atoms with E-state index in [1.165, 1.54) is 0 Å². The quantitative estimate of drug-likeness (QED) is 0.313. The second-order valence-corrected chi connectivity index (χ2v) is 9.23. The number of ether oxygens (including phenoxy) is 1. The smallest absolute Gasteiger partial charge is 0.335 e. The molecule has 1 aromatic carbocycles. The number of halogens is 1. The minimum Gasteiger partial charge on any atom is -0.478 e. The average Bonchev–Trinajstić information content (AvgIpc) is 3.30. The molecule has 9 nitrogen and oxygen atoms in total. The summed E-state index contributed by atoms with van der Waals surface area (Å²) in [7, 11) is 1.88. The summed E-state index contributed by atoms with van der Waals surface area (Å²) < 4.78 is 10.8. The van der Waals surface area contributed by atoms with Crippen LogP contribution >= 0.6 is 15.9 Å². The van der Waals surface area contributed by atoms with Gasteiger partial charge in [-0.05, 0) is 57.0 Å². The first-order valence-electron chi connectivity index (χ1n) is 11.0. The monoisotopic (exact) mass is 526 g/mol. The SMILES string of the molecule is Cc1cc(C(=O)O)cc(-c2cnn(C)c2CCCOC(C)Cn2c(N)nc3ccc(Br)cc32)n1. The number of imidazole rings is 1. The van der Waals surface area contributed by atoms with Crippen molar-refractivity contribution >= 4 is 38.9 Å². The third kappa shape index (κ3) is 5.13. The van der Waals surface area contributed by atoms with Crippen LogP contribution < -0.4 is 5.73 Å². The van der Waals surface area contributed by atoms with Crippen LogP contribution in [0.25, 0.3) is 22.3 Å². The van der Waals surface area contributed by atoms with Gasteiger partial charge in [-0.3, -0.25) is 9.67 Å². The fourth-order valence-corrected chi connectivity index (χ4v) is 4.39. The van der Waals surface area contributed by atoms with E-state index in [0.29, 0.717) is 30.5 Å². The summed E-state index contributed by atoms with van der Waals surface area (Å²) in [5, 5.41) is 13.7. The molecule has 0 radical (unpaired) electrons. The Bertz CT molecular complexity index is 1350. The zero-order valence-corrected chi connectivity index (χ0v) is 20.9. The molecule has 3 heterocycles. The average molecular weight is 527 g/mol. The highest BCUT2D eigenvalue weighted by Gasteiger charge is 2.16. The van der Waals surface area contributed by atoms with Crippen molar-refractivity contribution in [3.05, 3.63) is 58.0 Å². The number of aryl methyl sites for hydroxylation is 2. The summed E-state index contributed by atoms with van der Waals surface area (Å²) in [6.45, 7) is 4.96. The van der Waals surface area contributed by atoms with E-state index in [1.54, 1.807) is 29.9 Å². The zero-order chi connectivity index (χ0) is 24.4. The molecule has 0 bridgehead atoms. The predicted octanol–water partition coefficient (Wildman–Crippen LogP) is 4.22. The van der Waals surface area contributed by atoms with Crippen molar-refractivity contribution in [1.29, 1.82) is 0 Å². The first kappa shape index (κ1) is 23.9. The Morgan fingerprint density at radius 3 is 2.82 bits per heavy atom. The van der Waals surface area contributed by atoms with Gasteiger partial charge >= 0.3 is 5.97 Å². The van der Waals surface area contributed by atoms with E-state index in [2.05, 4.69) is 31.0 Å². The Kier molecular flexibility index (Phi) is 6.99. The number of nitrogens with zero attached hydrogens (tertiary/aromatic N) is 5. The van der Waals surface area contributed by atoms with E-state index in [1.807, 2.05) is 36.7 Å². The van der Waals surface area contributed by atoms with Crippen molar-refractivity contribution in [1.82, 2.24) is 24.3 Å². The molecule has 10 heteroatoms. The Hall–Kier alpha value is -3.24. The lowest BCUT2D eigenvalue weighted by atomic mass is 10.1. The fraction of sp³-hybridized carbons (Fsp3) is 0.333. The van der Waals surface area contributed by atoms with Gasteiger partial charge in [0, 0.05) is 35.1 Å². The van der Waals surface area contributed by atoms with Crippen molar-refractivity contribution in [2.45, 2.75) is 39.3 Å². The van der Waals surface area contributed by atoms with Gasteiger partial charge in [0.25, 0.3) is 0 Å². The maximum Gasteiger partial charge on any atom is 0.335 e. The Labute approximate surface area is 205 Å². The lowest BCUT2D eigenvalue weighted by Crippen LogP contribution is -2.19. The zero-order valence-electron chi connectivity index (χ0n) is 19.3. The molecule has 1 atom stereocenters. The molecule has 178 valence electrons. The fourth-order valence-electron chi connectivity index (χ4n) is 4.04. The van der Waals surface area contributed by atoms with Crippen LogP contribution in [-0.4, -0.2) is 48.1 Å². The van der Waals surface area contributed by atoms with Crippen molar-refractivity contribution in [2.75, 3.05) is 12.3 Å². The van der Waals surface area contributed by atoms with E-state index in [0.717, 1.165) is 39.6 Å². The Morgan fingerprint density at radius 1 is 1.26 bits per heavy atom. The molecule has 4 rings (SSSR count). The lowest BCUT2D eigenvalue weighted by Gasteiger charge is -2.16. The van der Waals surface area contributed by atoms with Crippen LogP contribution in [0.4, 0.5) is 5.95 Å². The highest BCUT2D eigenvalue weighted by Crippen LogP contribution is 2.25. The molecule has 3 N–H and O–H groups in total. The van der Waals surface area contributed by atoms with Gasteiger partial charge < -0.3 is 20.1 Å². The van der Waals surface area contributed by atoms with Crippen LogP contribution in [0.15, 0.2) is 41.0 Å². The molecule has 0 amide bonds. The number of benzene rings is 1. The van der Waals surface area contributed by atoms with Crippen LogP contribution in [0.1, 0.15) is 35.1 Å². The predicted molar refractivity (Wildman–Crippen MR) is 134 cm³/mol. The van der Waals surface area contributed by atoms with Crippen LogP contribution in [0, 0.1) is 6.92 Å². The van der Waals surface area contributed by atoms with E-state index < -0.39 is 5.97 Å². The molecular formula is C24H27BrN6O3. The van der Waals surface area contributed by atoms with Crippen LogP contribution in [0.2, 0.25) is 0 Å². The maximum absolute atomic E-state index is 11.4. The second-order valence-electron chi connectivity index (χ2n) is 8.31. The van der Waals surface area contributed by atoms with Gasteiger partial charge in [-0.15, -0.1) is 0 Å². The molecule has 1 unspecified atom stereocenters. The number of anilines is 1. The van der Waals surface area contributed by atoms with E-state index >= 15 is 0 Å². The van der Waals surface area contributed by atoms with Gasteiger partial charge in [0.15, 0.2) is 0 Å². The highest BCUT2D eigenvalue weighted by molar-refractivity contribution is 9.10. The van der Waals surface area contributed by atoms with Gasteiger partial charge in [-0.1, -0.05) is 15.9 Å². The van der Waals surface area contributed by atoms with Crippen molar-refractivity contribution in [3.8, 4) is 11.3 Å². The summed E-state index contributed by atoms with van der Waals surface area (Å²) in [6, 6.07) is 9.04. The number of hydrogen-bond acceptors (Lipinski definition) is 6. The number of nitrogens with two attached hydrogens (primary N) is 1. The van der Waals surface area contributed by atoms with Crippen LogP contribution in [-0.2, 0) is 24.8 Å². The Balaban J connectivity index is 1.39. The second kappa shape index (κ2) is 9.94. The summed E-state index contributed by atoms with van der Waals surface area (Å²) in [5.74, 6) is -0.507. The molecule has 0 saturated carbocycles. The van der Waals surface area contributed by atoms with Gasteiger partial charge in [0.05, 0.1) is 41.1 Å². The molecule has 4 aromatic rings. The summed E-state index contributed by atoms with van der Waals surface area (Å²) in [5.41, 5.74) is 11.3. The summed E-state index contributed by atoms with van der Waals surface area (Å²) in [4.78, 5) is 20.4. The normalized spacial score (nSPS) is 12.4. The number of pyridine rings is 1. The molecule has 0 aliphatic rings. The minimum absolute atomic E-state index is 0.0544. The Morgan fingerprint density at radius 2 is 2.06 bits per heavy atom. The number of carbonyl (C=O) groups is 1. The van der Waals surface area contributed by atoms with Gasteiger partial charge in [-0.25, -0.2) is 9.78 Å². The maximum atomic E-state index is 11.4. The first-order chi connectivity index (χ1) is 16.2. The van der Waals surface area contributed by atoms with Crippen molar-refractivity contribution in [3.63, 3.8) is 0 Å². The number of aromatic carboxylic acids is 1. The molecule has 3 aromatic heterocycles. The molecule has 0 spiro atoms. The molecule has 0 aliphatic heterocycles. The summed E-state index contributed by atoms with van der Waals surface area (Å²) in [6.07, 6.45) is 3.18. The highest BCUT2D eigenvalue weighted by atomic mass is 79.9. The number of hydrogen-bond donors (Lipinski definition) is 2. The number of nitrogen functional groups attached to an aromatic ring is 1. The molecule has 34 heavy (non-hydrogen) atoms. The van der Waals surface area contributed by atoms with E-state index in [-0.39, 0.29) is 11.7 Å². The largest absolute Gasteiger partial charge is 0.478 e. The topological polar surface area (TPSA) is 121 Å². The van der Waals surface area contributed by atoms with Crippen LogP contribution in [0.5, 0.6) is 0 Å². The van der Waals surface area contributed by atoms with E-state index in [9.17, 15) is 9.90 Å². The van der Waals surface area contributed by atoms with Gasteiger partial charge in [0.1, 0.15) is 0 Å². The molecule has 0 fully saturated rings. The number of aromatic nitrogens is 5. The molecular weight excluding hydrogens is 500 g/mol. The van der Waals surface area contributed by atoms with E-state index in [4.69, 9.17) is 10.5 Å². The van der Waals surface area contributed by atoms with Crippen molar-refractivity contribution < 1.29 is 14.6 Å². The number of carboxylic acid groups (broad SMARTS) is 1. The number of rotatable bonds is 9. The standard InChI is InChI=1S/C24H27BrN6O3/c1-14-9-16(23(32)33)10-20(28-14)18-12-27-30(3)21(18)5-4-8-34-15(2)13-31-22-11-17(25)6-7-19(22)29-24(31)26/h6-7,9-12,15H,4-5,8,13H2,1-3H3,(H2,26,29)(H,32,33). The van der Waals surface area contributed by atoms with Gasteiger partial charge in [0.2, 0.25) is 5.95 Å². The van der Waals surface area contributed by atoms with Crippen LogP contribution in [0.3, 0.4) is 0 Å². The first-order valence-corrected chi connectivity index (χ1v) is 11.8. The van der Waals surface area contributed by atoms with Crippen molar-refractivity contribution in [2.24, 2.45) is 7.05 Å². The third-order valence-electron chi connectivity index (χ3n) is 5.68. The van der Waals surface area contributed by atoms with Gasteiger partial charge in [-0.2, -0.15) is 5.10 Å². The minimum atomic E-state index is -0.974. The third-order valence-corrected chi connectivity index (χ3v) is 6.17. The molecule has 0 saturated heterocycles. The summed E-state index contributed by atoms with van der Waals surface area (Å²) >= 11 is 3.50. The number of fused-ring (bicyclic) bond motifs is 1. The molecule has 0 aliphatic carbocycles. The lowest BCUT2D eigenvalue weighted by molar-refractivity contribution is 0.0538. The number of carboxylic acids is 1.